The number of carbonyl (C=O) groups excluding carboxylic acids is 2. The molecule has 1 aliphatic heterocycles. The maximum atomic E-state index is 13.0. The number of benzene rings is 2. The average Bonchev–Trinajstić information content (AvgIpc) is 2.76. The quantitative estimate of drug-likeness (QED) is 0.604. The number of esters is 1. The molecule has 0 aliphatic carbocycles. The zero-order valence-electron chi connectivity index (χ0n) is 18.6. The number of nitrogens with zero attached hydrogens (tertiary/aromatic N) is 1. The number of hydrogen-bond donors (Lipinski definition) is 1. The first-order valence-corrected chi connectivity index (χ1v) is 12.1. The van der Waals surface area contributed by atoms with Gasteiger partial charge in [-0.1, -0.05) is 26.0 Å². The molecule has 0 saturated carbocycles. The van der Waals surface area contributed by atoms with Gasteiger partial charge in [0.05, 0.1) is 21.7 Å². The van der Waals surface area contributed by atoms with Crippen molar-refractivity contribution in [1.82, 2.24) is 4.31 Å². The van der Waals surface area contributed by atoms with E-state index in [4.69, 9.17) is 4.74 Å². The Balaban J connectivity index is 1.61. The molecule has 7 nitrogen and oxygen atoms in total. The Labute approximate surface area is 196 Å². The van der Waals surface area contributed by atoms with E-state index in [1.165, 1.54) is 40.7 Å². The molecule has 0 radical (unpaired) electrons. The largest absolute Gasteiger partial charge is 0.452 e. The van der Waals surface area contributed by atoms with Gasteiger partial charge in [0, 0.05) is 13.1 Å². The predicted molar refractivity (Wildman–Crippen MR) is 119 cm³/mol. The number of piperidine rings is 1. The Hall–Kier alpha value is -2.92. The van der Waals surface area contributed by atoms with Crippen molar-refractivity contribution in [2.24, 2.45) is 11.8 Å². The summed E-state index contributed by atoms with van der Waals surface area (Å²) in [6, 6.07) is 9.54. The third-order valence-electron chi connectivity index (χ3n) is 5.40. The monoisotopic (exact) mass is 498 g/mol. The van der Waals surface area contributed by atoms with Gasteiger partial charge in [0.2, 0.25) is 10.0 Å². The molecule has 11 heteroatoms. The van der Waals surface area contributed by atoms with Crippen LogP contribution in [0, 0.1) is 11.8 Å². The van der Waals surface area contributed by atoms with Crippen molar-refractivity contribution in [2.75, 3.05) is 25.0 Å². The van der Waals surface area contributed by atoms with Crippen molar-refractivity contribution in [2.45, 2.75) is 31.3 Å². The molecule has 1 heterocycles. The molecule has 2 aromatic rings. The molecule has 184 valence electrons. The number of sulfonamides is 1. The molecule has 2 aromatic carbocycles. The van der Waals surface area contributed by atoms with E-state index in [0.29, 0.717) is 13.1 Å². The zero-order chi connectivity index (χ0) is 25.1. The lowest BCUT2D eigenvalue weighted by molar-refractivity contribution is -0.137. The van der Waals surface area contributed by atoms with Crippen LogP contribution in [0.15, 0.2) is 53.4 Å². The molecule has 0 aromatic heterocycles. The van der Waals surface area contributed by atoms with Crippen LogP contribution in [0.25, 0.3) is 0 Å². The second-order valence-electron chi connectivity index (χ2n) is 8.46. The van der Waals surface area contributed by atoms with Crippen LogP contribution >= 0.6 is 0 Å². The van der Waals surface area contributed by atoms with E-state index >= 15 is 0 Å². The normalized spacial score (nSPS) is 19.4. The fourth-order valence-electron chi connectivity index (χ4n) is 3.95. The van der Waals surface area contributed by atoms with Crippen LogP contribution in [-0.4, -0.2) is 44.3 Å². The van der Waals surface area contributed by atoms with E-state index in [9.17, 15) is 31.2 Å². The number of alkyl halides is 3. The molecule has 2 atom stereocenters. The first-order chi connectivity index (χ1) is 15.9. The van der Waals surface area contributed by atoms with E-state index in [2.05, 4.69) is 5.32 Å². The Bertz CT molecular complexity index is 1140. The highest BCUT2D eigenvalue weighted by Crippen LogP contribution is 2.34. The van der Waals surface area contributed by atoms with Gasteiger partial charge in [0.25, 0.3) is 5.91 Å². The lowest BCUT2D eigenvalue weighted by Crippen LogP contribution is -2.42. The number of nitrogens with one attached hydrogen (secondary N) is 1. The minimum Gasteiger partial charge on any atom is -0.452 e. The number of rotatable bonds is 6. The van der Waals surface area contributed by atoms with Crippen LogP contribution in [0.4, 0.5) is 18.9 Å². The van der Waals surface area contributed by atoms with Crippen LogP contribution in [0.5, 0.6) is 0 Å². The molecule has 3 rings (SSSR count). The Morgan fingerprint density at radius 1 is 1.03 bits per heavy atom. The molecule has 1 aliphatic rings. The highest BCUT2D eigenvalue weighted by atomic mass is 32.2. The van der Waals surface area contributed by atoms with Gasteiger partial charge in [-0.3, -0.25) is 4.79 Å². The number of anilines is 1. The second kappa shape index (κ2) is 10.1. The van der Waals surface area contributed by atoms with Crippen LogP contribution in [-0.2, 0) is 25.7 Å². The van der Waals surface area contributed by atoms with Crippen molar-refractivity contribution in [3.05, 3.63) is 59.7 Å². The van der Waals surface area contributed by atoms with Gasteiger partial charge in [-0.2, -0.15) is 17.5 Å². The summed E-state index contributed by atoms with van der Waals surface area (Å²) < 4.78 is 71.2. The average molecular weight is 499 g/mol. The van der Waals surface area contributed by atoms with Crippen molar-refractivity contribution < 1.29 is 35.9 Å². The summed E-state index contributed by atoms with van der Waals surface area (Å²) in [5.41, 5.74) is -1.47. The van der Waals surface area contributed by atoms with Crippen LogP contribution < -0.4 is 5.32 Å². The summed E-state index contributed by atoms with van der Waals surface area (Å²) in [6.07, 6.45) is -3.71. The minimum atomic E-state index is -4.66. The number of halogens is 3. The maximum absolute atomic E-state index is 13.0. The molecule has 0 spiro atoms. The predicted octanol–water partition coefficient (Wildman–Crippen LogP) is 4.17. The van der Waals surface area contributed by atoms with Gasteiger partial charge in [0.1, 0.15) is 0 Å². The summed E-state index contributed by atoms with van der Waals surface area (Å²) in [4.78, 5) is 24.3. The van der Waals surface area contributed by atoms with E-state index in [0.717, 1.165) is 18.6 Å². The molecule has 1 N–H and O–H groups in total. The van der Waals surface area contributed by atoms with Gasteiger partial charge in [-0.05, 0) is 54.7 Å². The Morgan fingerprint density at radius 2 is 1.62 bits per heavy atom. The van der Waals surface area contributed by atoms with Gasteiger partial charge in [-0.15, -0.1) is 0 Å². The van der Waals surface area contributed by atoms with Gasteiger partial charge in [0.15, 0.2) is 6.61 Å². The van der Waals surface area contributed by atoms with Gasteiger partial charge >= 0.3 is 12.1 Å². The number of ether oxygens (including phenoxy) is 1. The molecular formula is C23H25F3N2O5S. The van der Waals surface area contributed by atoms with Crippen LogP contribution in [0.3, 0.4) is 0 Å². The van der Waals surface area contributed by atoms with E-state index < -0.39 is 45.9 Å². The molecular weight excluding hydrogens is 473 g/mol. The Morgan fingerprint density at radius 3 is 2.21 bits per heavy atom. The first kappa shape index (κ1) is 25.7. The molecule has 1 amide bonds. The van der Waals surface area contributed by atoms with E-state index in [-0.39, 0.29) is 22.3 Å². The number of amides is 1. The summed E-state index contributed by atoms with van der Waals surface area (Å²) in [5, 5.41) is 2.08. The topological polar surface area (TPSA) is 92.8 Å². The van der Waals surface area contributed by atoms with Gasteiger partial charge in [-0.25, -0.2) is 13.2 Å². The van der Waals surface area contributed by atoms with Crippen molar-refractivity contribution in [3.8, 4) is 0 Å². The maximum Gasteiger partial charge on any atom is 0.418 e. The fraction of sp³-hybridized carbons (Fsp3) is 0.391. The van der Waals surface area contributed by atoms with E-state index in [1.807, 2.05) is 13.8 Å². The number of hydrogen-bond acceptors (Lipinski definition) is 5. The summed E-state index contributed by atoms with van der Waals surface area (Å²) in [5.74, 6) is -1.38. The van der Waals surface area contributed by atoms with Crippen LogP contribution in [0.1, 0.15) is 36.2 Å². The smallest absolute Gasteiger partial charge is 0.418 e. The SMILES string of the molecule is C[C@@H]1C[C@@H](C)CN(S(=O)(=O)c2ccc(C(=O)OCC(=O)Nc3ccccc3C(F)(F)F)cc2)C1. The minimum absolute atomic E-state index is 0.00261. The van der Waals surface area contributed by atoms with Gasteiger partial charge < -0.3 is 10.1 Å². The van der Waals surface area contributed by atoms with Crippen LogP contribution in [0.2, 0.25) is 0 Å². The molecule has 1 fully saturated rings. The third-order valence-corrected chi connectivity index (χ3v) is 7.25. The van der Waals surface area contributed by atoms with Crippen molar-refractivity contribution in [3.63, 3.8) is 0 Å². The summed E-state index contributed by atoms with van der Waals surface area (Å²) >= 11 is 0. The molecule has 0 unspecified atom stereocenters. The highest BCUT2D eigenvalue weighted by molar-refractivity contribution is 7.89. The van der Waals surface area contributed by atoms with E-state index in [1.54, 1.807) is 0 Å². The first-order valence-electron chi connectivity index (χ1n) is 10.6. The van der Waals surface area contributed by atoms with Crippen molar-refractivity contribution >= 4 is 27.6 Å². The summed E-state index contributed by atoms with van der Waals surface area (Å²) in [6.45, 7) is 4.02. The molecule has 0 bridgehead atoms. The standard InChI is InChI=1S/C23H25F3N2O5S/c1-15-11-16(2)13-28(12-15)34(31,32)18-9-7-17(8-10-18)22(30)33-14-21(29)27-20-6-4-3-5-19(20)23(24,25)26/h3-10,15-16H,11-14H2,1-2H3,(H,27,29)/t15-,16-/m1/s1. The Kier molecular flexibility index (Phi) is 7.67. The number of para-hydroxylation sites is 1. The number of carbonyl (C=O) groups is 2. The lowest BCUT2D eigenvalue weighted by atomic mass is 9.94. The fourth-order valence-corrected chi connectivity index (χ4v) is 5.63. The second-order valence-corrected chi connectivity index (χ2v) is 10.4. The highest BCUT2D eigenvalue weighted by Gasteiger charge is 2.34. The third kappa shape index (κ3) is 6.15. The molecule has 1 saturated heterocycles. The lowest BCUT2D eigenvalue weighted by Gasteiger charge is -2.34. The van der Waals surface area contributed by atoms with Crippen molar-refractivity contribution in [1.29, 1.82) is 0 Å². The zero-order valence-corrected chi connectivity index (χ0v) is 19.4. The molecule has 34 heavy (non-hydrogen) atoms. The summed E-state index contributed by atoms with van der Waals surface area (Å²) in [7, 11) is -3.72.